The largest absolute Gasteiger partial charge is 0.497 e. The van der Waals surface area contributed by atoms with E-state index in [1.807, 2.05) is 24.3 Å². The molecule has 0 saturated heterocycles. The summed E-state index contributed by atoms with van der Waals surface area (Å²) in [7, 11) is -1.26. The van der Waals surface area contributed by atoms with E-state index in [2.05, 4.69) is 5.32 Å². The monoisotopic (exact) mass is 513 g/mol. The number of carbonyl (C=O) groups excluding carboxylic acids is 1. The van der Waals surface area contributed by atoms with Crippen LogP contribution in [0.15, 0.2) is 71.6 Å². The fraction of sp³-hybridized carbons (Fsp3) is 0.240. The number of amides is 1. The van der Waals surface area contributed by atoms with Crippen molar-refractivity contribution < 1.29 is 27.6 Å². The first-order valence-electron chi connectivity index (χ1n) is 11.0. The Morgan fingerprint density at radius 2 is 1.56 bits per heavy atom. The van der Waals surface area contributed by atoms with Crippen LogP contribution in [0.1, 0.15) is 11.1 Å². The number of aryl methyl sites for hydroxylation is 1. The van der Waals surface area contributed by atoms with Gasteiger partial charge in [-0.25, -0.2) is 8.42 Å². The normalized spacial score (nSPS) is 11.0. The fourth-order valence-electron chi connectivity index (χ4n) is 3.46. The van der Waals surface area contributed by atoms with Crippen LogP contribution in [0, 0.1) is 17.0 Å². The number of nitro benzene ring substituents is 1. The van der Waals surface area contributed by atoms with Crippen LogP contribution in [-0.2, 0) is 21.2 Å². The molecule has 0 aliphatic rings. The van der Waals surface area contributed by atoms with Crippen molar-refractivity contribution in [3.8, 4) is 11.5 Å². The molecular weight excluding hydrogens is 486 g/mol. The lowest BCUT2D eigenvalue weighted by molar-refractivity contribution is -0.385. The highest BCUT2D eigenvalue weighted by atomic mass is 32.2. The van der Waals surface area contributed by atoms with Crippen LogP contribution in [0.5, 0.6) is 11.5 Å². The second-order valence-electron chi connectivity index (χ2n) is 7.86. The minimum Gasteiger partial charge on any atom is -0.497 e. The van der Waals surface area contributed by atoms with E-state index in [4.69, 9.17) is 9.47 Å². The van der Waals surface area contributed by atoms with E-state index in [0.29, 0.717) is 17.7 Å². The van der Waals surface area contributed by atoms with E-state index in [1.54, 1.807) is 19.2 Å². The zero-order chi connectivity index (χ0) is 26.3. The highest BCUT2D eigenvalue weighted by molar-refractivity contribution is 7.92. The zero-order valence-corrected chi connectivity index (χ0v) is 20.9. The van der Waals surface area contributed by atoms with Crippen molar-refractivity contribution in [1.29, 1.82) is 0 Å². The molecule has 0 fully saturated rings. The third-order valence-corrected chi connectivity index (χ3v) is 7.28. The molecule has 0 radical (unpaired) electrons. The smallest absolute Gasteiger partial charge is 0.273 e. The lowest BCUT2D eigenvalue weighted by Gasteiger charge is -2.24. The molecule has 10 nitrogen and oxygen atoms in total. The SMILES string of the molecule is COc1ccc(CCNC(=O)CN(c2ccc(OC)cc2)S(=O)(=O)c2ccc(C)c([N+](=O)[O-])c2)cc1. The number of nitrogens with zero attached hydrogens (tertiary/aromatic N) is 2. The number of nitrogens with one attached hydrogen (secondary N) is 1. The van der Waals surface area contributed by atoms with Gasteiger partial charge in [-0.05, 0) is 61.4 Å². The van der Waals surface area contributed by atoms with Crippen LogP contribution in [0.3, 0.4) is 0 Å². The highest BCUT2D eigenvalue weighted by Gasteiger charge is 2.29. The molecule has 0 atom stereocenters. The summed E-state index contributed by atoms with van der Waals surface area (Å²) in [6.07, 6.45) is 0.537. The molecule has 1 amide bonds. The summed E-state index contributed by atoms with van der Waals surface area (Å²) in [6.45, 7) is 1.29. The number of methoxy groups -OCH3 is 2. The number of rotatable bonds is 11. The molecule has 0 aliphatic carbocycles. The molecule has 1 N–H and O–H groups in total. The second kappa shape index (κ2) is 11.5. The lowest BCUT2D eigenvalue weighted by atomic mass is 10.1. The minimum atomic E-state index is -4.31. The van der Waals surface area contributed by atoms with Gasteiger partial charge in [-0.15, -0.1) is 0 Å². The topological polar surface area (TPSA) is 128 Å². The molecule has 0 spiro atoms. The number of hydrogen-bond donors (Lipinski definition) is 1. The quantitative estimate of drug-likeness (QED) is 0.307. The Kier molecular flexibility index (Phi) is 8.49. The van der Waals surface area contributed by atoms with Crippen LogP contribution in [0.25, 0.3) is 0 Å². The number of hydrogen-bond acceptors (Lipinski definition) is 7. The maximum Gasteiger partial charge on any atom is 0.273 e. The van der Waals surface area contributed by atoms with Gasteiger partial charge < -0.3 is 14.8 Å². The third kappa shape index (κ3) is 6.30. The molecule has 0 aliphatic heterocycles. The Morgan fingerprint density at radius 1 is 0.972 bits per heavy atom. The first kappa shape index (κ1) is 26.5. The van der Waals surface area contributed by atoms with Gasteiger partial charge in [-0.1, -0.05) is 18.2 Å². The van der Waals surface area contributed by atoms with Crippen molar-refractivity contribution in [2.75, 3.05) is 31.6 Å². The molecule has 0 heterocycles. The summed E-state index contributed by atoms with van der Waals surface area (Å²) < 4.78 is 38.3. The van der Waals surface area contributed by atoms with Crippen molar-refractivity contribution in [1.82, 2.24) is 5.32 Å². The van der Waals surface area contributed by atoms with Gasteiger partial charge in [-0.3, -0.25) is 19.2 Å². The standard InChI is InChI=1S/C25H27N3O7S/c1-18-4-13-23(16-24(18)28(30)31)36(32,33)27(20-7-11-22(35-3)12-8-20)17-25(29)26-15-14-19-5-9-21(34-2)10-6-19/h4-13,16H,14-15,17H2,1-3H3,(H,26,29). The van der Waals surface area contributed by atoms with Gasteiger partial charge in [0.1, 0.15) is 18.0 Å². The number of anilines is 1. The van der Waals surface area contributed by atoms with Crippen LogP contribution in [0.2, 0.25) is 0 Å². The molecule has 36 heavy (non-hydrogen) atoms. The highest BCUT2D eigenvalue weighted by Crippen LogP contribution is 2.29. The molecule has 0 aromatic heterocycles. The van der Waals surface area contributed by atoms with Crippen molar-refractivity contribution in [3.63, 3.8) is 0 Å². The summed E-state index contributed by atoms with van der Waals surface area (Å²) >= 11 is 0. The van der Waals surface area contributed by atoms with E-state index >= 15 is 0 Å². The van der Waals surface area contributed by atoms with Gasteiger partial charge in [-0.2, -0.15) is 0 Å². The molecule has 3 rings (SSSR count). The maximum atomic E-state index is 13.5. The summed E-state index contributed by atoms with van der Waals surface area (Å²) in [6, 6.07) is 17.2. The molecule has 0 bridgehead atoms. The average Bonchev–Trinajstić information content (AvgIpc) is 2.87. The van der Waals surface area contributed by atoms with Crippen LogP contribution in [0.4, 0.5) is 11.4 Å². The first-order chi connectivity index (χ1) is 17.1. The third-order valence-electron chi connectivity index (χ3n) is 5.51. The number of nitro groups is 1. The first-order valence-corrected chi connectivity index (χ1v) is 12.4. The fourth-order valence-corrected chi connectivity index (χ4v) is 4.90. The van der Waals surface area contributed by atoms with E-state index in [-0.39, 0.29) is 22.8 Å². The van der Waals surface area contributed by atoms with E-state index < -0.39 is 27.4 Å². The van der Waals surface area contributed by atoms with Gasteiger partial charge >= 0.3 is 0 Å². The average molecular weight is 514 g/mol. The van der Waals surface area contributed by atoms with Crippen LogP contribution >= 0.6 is 0 Å². The Balaban J connectivity index is 1.83. The Labute approximate surface area is 209 Å². The molecule has 0 saturated carbocycles. The number of benzene rings is 3. The van der Waals surface area contributed by atoms with Gasteiger partial charge in [0.15, 0.2) is 0 Å². The Hall–Kier alpha value is -4.12. The van der Waals surface area contributed by atoms with E-state index in [9.17, 15) is 23.3 Å². The molecule has 3 aromatic carbocycles. The predicted molar refractivity (Wildman–Crippen MR) is 135 cm³/mol. The van der Waals surface area contributed by atoms with E-state index in [0.717, 1.165) is 21.7 Å². The Bertz CT molecular complexity index is 1320. The van der Waals surface area contributed by atoms with Crippen LogP contribution in [-0.4, -0.2) is 46.6 Å². The van der Waals surface area contributed by atoms with Gasteiger partial charge in [0.25, 0.3) is 15.7 Å². The Morgan fingerprint density at radius 3 is 2.11 bits per heavy atom. The maximum absolute atomic E-state index is 13.5. The number of carbonyl (C=O) groups is 1. The lowest BCUT2D eigenvalue weighted by Crippen LogP contribution is -2.41. The van der Waals surface area contributed by atoms with Crippen molar-refractivity contribution >= 4 is 27.3 Å². The summed E-state index contributed by atoms with van der Waals surface area (Å²) in [5.41, 5.74) is 1.19. The molecule has 0 unspecified atom stereocenters. The molecule has 190 valence electrons. The predicted octanol–water partition coefficient (Wildman–Crippen LogP) is 3.47. The van der Waals surface area contributed by atoms with Crippen molar-refractivity contribution in [3.05, 3.63) is 88.0 Å². The molecular formula is C25H27N3O7S. The van der Waals surface area contributed by atoms with E-state index in [1.165, 1.54) is 38.3 Å². The van der Waals surface area contributed by atoms with Gasteiger partial charge in [0.2, 0.25) is 5.91 Å². The minimum absolute atomic E-state index is 0.212. The number of ether oxygens (including phenoxy) is 2. The van der Waals surface area contributed by atoms with Gasteiger partial charge in [0, 0.05) is 18.2 Å². The molecule has 3 aromatic rings. The van der Waals surface area contributed by atoms with Crippen LogP contribution < -0.4 is 19.1 Å². The summed E-state index contributed by atoms with van der Waals surface area (Å²) in [4.78, 5) is 23.2. The number of sulfonamides is 1. The summed E-state index contributed by atoms with van der Waals surface area (Å²) in [5, 5.41) is 14.1. The molecule has 11 heteroatoms. The zero-order valence-electron chi connectivity index (χ0n) is 20.1. The second-order valence-corrected chi connectivity index (χ2v) is 9.73. The van der Waals surface area contributed by atoms with Crippen molar-refractivity contribution in [2.45, 2.75) is 18.2 Å². The van der Waals surface area contributed by atoms with Crippen molar-refractivity contribution in [2.24, 2.45) is 0 Å². The van der Waals surface area contributed by atoms with Gasteiger partial charge in [0.05, 0.1) is 29.7 Å². The summed E-state index contributed by atoms with van der Waals surface area (Å²) in [5.74, 6) is 0.704.